The molecule has 2 aromatic carbocycles. The van der Waals surface area contributed by atoms with Gasteiger partial charge >= 0.3 is 0 Å². The highest BCUT2D eigenvalue weighted by Gasteiger charge is 2.13. The Bertz CT molecular complexity index is 821. The Hall–Kier alpha value is -2.46. The van der Waals surface area contributed by atoms with Crippen molar-refractivity contribution >= 4 is 10.9 Å². The Kier molecular flexibility index (Phi) is 4.26. The fraction of sp³-hybridized carbons (Fsp3) is 0.263. The fourth-order valence-electron chi connectivity index (χ4n) is 2.92. The van der Waals surface area contributed by atoms with Crippen LogP contribution in [-0.4, -0.2) is 9.67 Å². The first kappa shape index (κ1) is 15.4. The van der Waals surface area contributed by atoms with Gasteiger partial charge in [0.05, 0.1) is 5.69 Å². The minimum Gasteiger partial charge on any atom is -0.504 e. The molecule has 4 heteroatoms. The number of rotatable bonds is 5. The number of para-hydroxylation sites is 2. The summed E-state index contributed by atoms with van der Waals surface area (Å²) < 4.78 is 8.06. The van der Waals surface area contributed by atoms with Crippen molar-refractivity contribution in [2.24, 2.45) is 5.73 Å². The van der Waals surface area contributed by atoms with Crippen LogP contribution in [0.3, 0.4) is 0 Å². The van der Waals surface area contributed by atoms with E-state index >= 15 is 0 Å². The van der Waals surface area contributed by atoms with Crippen LogP contribution in [0.4, 0.5) is 0 Å². The van der Waals surface area contributed by atoms with Crippen LogP contribution in [0, 0.1) is 0 Å². The van der Waals surface area contributed by atoms with E-state index in [1.165, 1.54) is 5.52 Å². The number of fused-ring (bicyclic) bond motifs is 1. The highest BCUT2D eigenvalue weighted by molar-refractivity contribution is 5.82. The second-order valence-corrected chi connectivity index (χ2v) is 5.95. The lowest BCUT2D eigenvalue weighted by molar-refractivity contribution is 0.278. The summed E-state index contributed by atoms with van der Waals surface area (Å²) in [6.45, 7) is 5.24. The van der Waals surface area contributed by atoms with Crippen molar-refractivity contribution in [3.63, 3.8) is 0 Å². The molecule has 0 aliphatic rings. The Labute approximate surface area is 136 Å². The molecule has 23 heavy (non-hydrogen) atoms. The molecule has 1 heterocycles. The predicted octanol–water partition coefficient (Wildman–Crippen LogP) is 3.97. The summed E-state index contributed by atoms with van der Waals surface area (Å²) in [5.74, 6) is 0.654. The minimum absolute atomic E-state index is 0.158. The van der Waals surface area contributed by atoms with E-state index in [1.807, 2.05) is 6.07 Å². The van der Waals surface area contributed by atoms with E-state index in [0.29, 0.717) is 24.9 Å². The molecule has 3 N–H and O–H groups in total. The van der Waals surface area contributed by atoms with Gasteiger partial charge in [-0.1, -0.05) is 18.2 Å². The number of hydrogen-bond acceptors (Lipinski definition) is 3. The molecule has 0 aliphatic heterocycles. The van der Waals surface area contributed by atoms with Crippen molar-refractivity contribution in [3.8, 4) is 11.5 Å². The van der Waals surface area contributed by atoms with Crippen LogP contribution in [0.5, 0.6) is 11.5 Å². The summed E-state index contributed by atoms with van der Waals surface area (Å²) in [5, 5.41) is 11.0. The zero-order valence-electron chi connectivity index (χ0n) is 13.5. The Morgan fingerprint density at radius 1 is 1.13 bits per heavy atom. The smallest absolute Gasteiger partial charge is 0.161 e. The average Bonchev–Trinajstić information content (AvgIpc) is 2.91. The van der Waals surface area contributed by atoms with E-state index in [9.17, 15) is 5.11 Å². The van der Waals surface area contributed by atoms with Crippen LogP contribution < -0.4 is 10.5 Å². The molecule has 0 amide bonds. The monoisotopic (exact) mass is 310 g/mol. The van der Waals surface area contributed by atoms with Gasteiger partial charge in [0.1, 0.15) is 6.61 Å². The SMILES string of the molecule is CC(C)n1c(COc2ccccc2O)cc2cc(CN)ccc21. The van der Waals surface area contributed by atoms with Crippen LogP contribution in [0.1, 0.15) is 31.1 Å². The van der Waals surface area contributed by atoms with Crippen LogP contribution in [-0.2, 0) is 13.2 Å². The van der Waals surface area contributed by atoms with Crippen molar-refractivity contribution in [1.82, 2.24) is 4.57 Å². The molecule has 0 atom stereocenters. The second kappa shape index (κ2) is 6.34. The predicted molar refractivity (Wildman–Crippen MR) is 92.7 cm³/mol. The number of benzene rings is 2. The summed E-state index contributed by atoms with van der Waals surface area (Å²) in [5.41, 5.74) is 9.11. The molecule has 0 saturated heterocycles. The van der Waals surface area contributed by atoms with E-state index in [2.05, 4.69) is 42.7 Å². The van der Waals surface area contributed by atoms with Gasteiger partial charge in [-0.2, -0.15) is 0 Å². The lowest BCUT2D eigenvalue weighted by Gasteiger charge is -2.15. The molecule has 0 bridgehead atoms. The Morgan fingerprint density at radius 2 is 1.91 bits per heavy atom. The molecule has 0 spiro atoms. The van der Waals surface area contributed by atoms with E-state index < -0.39 is 0 Å². The van der Waals surface area contributed by atoms with E-state index in [1.54, 1.807) is 18.2 Å². The van der Waals surface area contributed by atoms with Gasteiger partial charge in [0.2, 0.25) is 0 Å². The van der Waals surface area contributed by atoms with E-state index in [-0.39, 0.29) is 5.75 Å². The summed E-state index contributed by atoms with van der Waals surface area (Å²) in [6, 6.07) is 15.8. The molecule has 0 aliphatic carbocycles. The minimum atomic E-state index is 0.158. The van der Waals surface area contributed by atoms with Crippen molar-refractivity contribution in [2.45, 2.75) is 33.0 Å². The molecule has 3 rings (SSSR count). The topological polar surface area (TPSA) is 60.4 Å². The lowest BCUT2D eigenvalue weighted by Crippen LogP contribution is -2.08. The molecule has 0 unspecified atom stereocenters. The van der Waals surface area contributed by atoms with Gasteiger partial charge in [0.25, 0.3) is 0 Å². The normalized spacial score (nSPS) is 11.3. The van der Waals surface area contributed by atoms with Crippen LogP contribution in [0.15, 0.2) is 48.5 Å². The van der Waals surface area contributed by atoms with Crippen molar-refractivity contribution in [1.29, 1.82) is 0 Å². The first-order valence-corrected chi connectivity index (χ1v) is 7.83. The van der Waals surface area contributed by atoms with Crippen LogP contribution >= 0.6 is 0 Å². The molecule has 0 fully saturated rings. The zero-order chi connectivity index (χ0) is 16.4. The molecule has 1 aromatic heterocycles. The molecular formula is C19H22N2O2. The molecule has 120 valence electrons. The largest absolute Gasteiger partial charge is 0.504 e. The quantitative estimate of drug-likeness (QED) is 0.749. The Balaban J connectivity index is 1.96. The third-order valence-corrected chi connectivity index (χ3v) is 3.98. The average molecular weight is 310 g/mol. The molecular weight excluding hydrogens is 288 g/mol. The number of nitrogens with two attached hydrogens (primary N) is 1. The number of hydrogen-bond donors (Lipinski definition) is 2. The summed E-state index contributed by atoms with van der Waals surface area (Å²) in [6.07, 6.45) is 0. The molecule has 3 aromatic rings. The number of aromatic nitrogens is 1. The highest BCUT2D eigenvalue weighted by Crippen LogP contribution is 2.29. The number of phenolic OH excluding ortho intramolecular Hbond substituents is 1. The first-order valence-electron chi connectivity index (χ1n) is 7.83. The summed E-state index contributed by atoms with van der Waals surface area (Å²) >= 11 is 0. The van der Waals surface area contributed by atoms with Gasteiger partial charge in [-0.05, 0) is 49.7 Å². The maximum Gasteiger partial charge on any atom is 0.161 e. The standard InChI is InChI=1S/C19H22N2O2/c1-13(2)21-16(12-23-19-6-4-3-5-18(19)22)10-15-9-14(11-20)7-8-17(15)21/h3-10,13,22H,11-12,20H2,1-2H3. The number of ether oxygens (including phenoxy) is 1. The molecule has 0 saturated carbocycles. The number of aromatic hydroxyl groups is 1. The maximum atomic E-state index is 9.83. The first-order chi connectivity index (χ1) is 11.1. The Morgan fingerprint density at radius 3 is 2.61 bits per heavy atom. The summed E-state index contributed by atoms with van der Waals surface area (Å²) in [7, 11) is 0. The number of nitrogens with zero attached hydrogens (tertiary/aromatic N) is 1. The number of phenols is 1. The fourth-order valence-corrected chi connectivity index (χ4v) is 2.92. The lowest BCUT2D eigenvalue weighted by atomic mass is 10.1. The highest BCUT2D eigenvalue weighted by atomic mass is 16.5. The van der Waals surface area contributed by atoms with Gasteiger partial charge < -0.3 is 20.1 Å². The summed E-state index contributed by atoms with van der Waals surface area (Å²) in [4.78, 5) is 0. The molecule has 0 radical (unpaired) electrons. The van der Waals surface area contributed by atoms with Gasteiger partial charge in [0, 0.05) is 23.5 Å². The van der Waals surface area contributed by atoms with Crippen molar-refractivity contribution in [2.75, 3.05) is 0 Å². The maximum absolute atomic E-state index is 9.83. The molecule has 4 nitrogen and oxygen atoms in total. The zero-order valence-corrected chi connectivity index (χ0v) is 13.5. The second-order valence-electron chi connectivity index (χ2n) is 5.95. The van der Waals surface area contributed by atoms with Gasteiger partial charge in [-0.15, -0.1) is 0 Å². The van der Waals surface area contributed by atoms with Crippen molar-refractivity contribution < 1.29 is 9.84 Å². The van der Waals surface area contributed by atoms with Gasteiger partial charge in [-0.3, -0.25) is 0 Å². The van der Waals surface area contributed by atoms with Gasteiger partial charge in [0.15, 0.2) is 11.5 Å². The van der Waals surface area contributed by atoms with Crippen LogP contribution in [0.2, 0.25) is 0 Å². The van der Waals surface area contributed by atoms with Gasteiger partial charge in [-0.25, -0.2) is 0 Å². The van der Waals surface area contributed by atoms with E-state index in [4.69, 9.17) is 10.5 Å². The van der Waals surface area contributed by atoms with E-state index in [0.717, 1.165) is 16.6 Å². The third-order valence-electron chi connectivity index (χ3n) is 3.98. The third kappa shape index (κ3) is 3.03. The van der Waals surface area contributed by atoms with Crippen LogP contribution in [0.25, 0.3) is 10.9 Å². The van der Waals surface area contributed by atoms with Crippen molar-refractivity contribution in [3.05, 3.63) is 59.8 Å².